The first-order valence-corrected chi connectivity index (χ1v) is 16.6. The normalized spacial score (nSPS) is 16.0. The van der Waals surface area contributed by atoms with E-state index in [1.165, 1.54) is 38.1 Å². The SMILES string of the molecule is CC(C)C1=Cc2c(-c3ccc(C(C)(C)C)cc3)cccc2C1[SiH3].[Cl][Zr][Cl]. The number of rotatable bonds is 2. The Morgan fingerprint density at radius 1 is 1.00 bits per heavy atom. The van der Waals surface area contributed by atoms with E-state index in [2.05, 4.69) is 83.2 Å². The number of hydrogen-bond donors (Lipinski definition) is 0. The van der Waals surface area contributed by atoms with Crippen LogP contribution in [0.4, 0.5) is 0 Å². The van der Waals surface area contributed by atoms with Crippen molar-refractivity contribution in [3.8, 4) is 11.1 Å². The molecule has 0 saturated carbocycles. The molecular formula is C22H28Cl2SiZr. The van der Waals surface area contributed by atoms with Gasteiger partial charge < -0.3 is 0 Å². The van der Waals surface area contributed by atoms with E-state index in [-0.39, 0.29) is 5.41 Å². The summed E-state index contributed by atoms with van der Waals surface area (Å²) in [5, 5.41) is 0. The third-order valence-electron chi connectivity index (χ3n) is 5.15. The fourth-order valence-corrected chi connectivity index (χ4v) is 5.00. The zero-order valence-corrected chi connectivity index (χ0v) is 22.5. The predicted molar refractivity (Wildman–Crippen MR) is 118 cm³/mol. The van der Waals surface area contributed by atoms with Crippen LogP contribution in [0, 0.1) is 5.92 Å². The van der Waals surface area contributed by atoms with Crippen LogP contribution in [-0.4, -0.2) is 10.2 Å². The Balaban J connectivity index is 0.000000758. The maximum absolute atomic E-state index is 4.93. The second-order valence-electron chi connectivity index (χ2n) is 8.23. The molecule has 0 radical (unpaired) electrons. The number of benzene rings is 2. The zero-order chi connectivity index (χ0) is 19.5. The fourth-order valence-electron chi connectivity index (χ4n) is 3.66. The first-order valence-electron chi connectivity index (χ1n) is 9.12. The van der Waals surface area contributed by atoms with Gasteiger partial charge in [-0.05, 0) is 44.7 Å². The summed E-state index contributed by atoms with van der Waals surface area (Å²) >= 11 is -0.826. The van der Waals surface area contributed by atoms with Gasteiger partial charge in [0.25, 0.3) is 0 Å². The van der Waals surface area contributed by atoms with Crippen molar-refractivity contribution in [1.29, 1.82) is 0 Å². The zero-order valence-electron chi connectivity index (χ0n) is 16.5. The first-order chi connectivity index (χ1) is 12.2. The number of hydrogen-bond acceptors (Lipinski definition) is 0. The topological polar surface area (TPSA) is 0 Å². The summed E-state index contributed by atoms with van der Waals surface area (Å²) in [7, 11) is 11.1. The molecule has 0 N–H and O–H groups in total. The molecule has 0 nitrogen and oxygen atoms in total. The van der Waals surface area contributed by atoms with Crippen LogP contribution in [0.2, 0.25) is 0 Å². The Morgan fingerprint density at radius 2 is 1.58 bits per heavy atom. The quantitative estimate of drug-likeness (QED) is 0.430. The Kier molecular flexibility index (Phi) is 7.99. The molecule has 0 heterocycles. The molecular weight excluding hydrogens is 454 g/mol. The first kappa shape index (κ1) is 22.2. The van der Waals surface area contributed by atoms with Crippen LogP contribution in [0.25, 0.3) is 17.2 Å². The molecule has 2 aromatic rings. The molecule has 0 aliphatic heterocycles. The van der Waals surface area contributed by atoms with E-state index in [4.69, 9.17) is 17.0 Å². The Bertz CT molecular complexity index is 774. The maximum atomic E-state index is 4.93. The fraction of sp³-hybridized carbons (Fsp3) is 0.364. The monoisotopic (exact) mass is 480 g/mol. The molecule has 0 saturated heterocycles. The average Bonchev–Trinajstić information content (AvgIpc) is 2.92. The summed E-state index contributed by atoms with van der Waals surface area (Å²) in [5.41, 5.74) is 9.63. The summed E-state index contributed by atoms with van der Waals surface area (Å²) in [6.45, 7) is 11.4. The van der Waals surface area contributed by atoms with Crippen molar-refractivity contribution >= 4 is 33.3 Å². The van der Waals surface area contributed by atoms with Gasteiger partial charge in [0, 0.05) is 10.2 Å². The van der Waals surface area contributed by atoms with Gasteiger partial charge in [-0.15, -0.1) is 0 Å². The molecule has 1 aliphatic carbocycles. The average molecular weight is 483 g/mol. The Morgan fingerprint density at radius 3 is 2.08 bits per heavy atom. The van der Waals surface area contributed by atoms with Crippen LogP contribution in [-0.2, 0) is 26.3 Å². The van der Waals surface area contributed by atoms with E-state index < -0.39 is 20.8 Å². The van der Waals surface area contributed by atoms with Crippen molar-refractivity contribution in [2.75, 3.05) is 0 Å². The van der Waals surface area contributed by atoms with E-state index in [0.717, 1.165) is 0 Å². The van der Waals surface area contributed by atoms with Crippen molar-refractivity contribution in [3.63, 3.8) is 0 Å². The summed E-state index contributed by atoms with van der Waals surface area (Å²) in [5.74, 6) is 0.640. The second-order valence-corrected chi connectivity index (χ2v) is 13.1. The van der Waals surface area contributed by atoms with Gasteiger partial charge in [-0.25, -0.2) is 0 Å². The van der Waals surface area contributed by atoms with Crippen LogP contribution in [0.1, 0.15) is 56.9 Å². The summed E-state index contributed by atoms with van der Waals surface area (Å²) < 4.78 is 0. The minimum absolute atomic E-state index is 0.210. The number of halogens is 2. The van der Waals surface area contributed by atoms with Crippen molar-refractivity contribution in [1.82, 2.24) is 0 Å². The van der Waals surface area contributed by atoms with Gasteiger partial charge in [-0.1, -0.05) is 88.7 Å². The van der Waals surface area contributed by atoms with Gasteiger partial charge in [-0.2, -0.15) is 0 Å². The molecule has 0 bridgehead atoms. The molecule has 0 fully saturated rings. The van der Waals surface area contributed by atoms with Gasteiger partial charge in [0.15, 0.2) is 0 Å². The van der Waals surface area contributed by atoms with E-state index in [0.29, 0.717) is 11.5 Å². The van der Waals surface area contributed by atoms with Crippen LogP contribution in [0.15, 0.2) is 48.0 Å². The van der Waals surface area contributed by atoms with Gasteiger partial charge in [-0.3, -0.25) is 0 Å². The van der Waals surface area contributed by atoms with Crippen molar-refractivity contribution in [2.24, 2.45) is 5.92 Å². The minimum atomic E-state index is -0.826. The van der Waals surface area contributed by atoms with Gasteiger partial charge >= 0.3 is 37.9 Å². The van der Waals surface area contributed by atoms with Crippen molar-refractivity contribution in [2.45, 2.75) is 45.6 Å². The number of allylic oxidation sites excluding steroid dienone is 1. The Labute approximate surface area is 180 Å². The van der Waals surface area contributed by atoms with Gasteiger partial charge in [0.2, 0.25) is 0 Å². The molecule has 0 amide bonds. The molecule has 3 rings (SSSR count). The molecule has 1 aliphatic rings. The summed E-state index contributed by atoms with van der Waals surface area (Å²) in [4.78, 5) is 0. The molecule has 2 aromatic carbocycles. The Hall–Kier alpha value is -0.140. The molecule has 4 heteroatoms. The van der Waals surface area contributed by atoms with Gasteiger partial charge in [0.1, 0.15) is 0 Å². The summed E-state index contributed by atoms with van der Waals surface area (Å²) in [6, 6.07) is 16.0. The van der Waals surface area contributed by atoms with Crippen LogP contribution in [0.5, 0.6) is 0 Å². The molecule has 1 atom stereocenters. The number of fused-ring (bicyclic) bond motifs is 1. The van der Waals surface area contributed by atoms with Crippen LogP contribution >= 0.6 is 17.0 Å². The van der Waals surface area contributed by atoms with Crippen molar-refractivity contribution in [3.05, 3.63) is 64.7 Å². The summed E-state index contributed by atoms with van der Waals surface area (Å²) in [6.07, 6.45) is 2.46. The molecule has 138 valence electrons. The van der Waals surface area contributed by atoms with E-state index >= 15 is 0 Å². The van der Waals surface area contributed by atoms with E-state index in [1.807, 2.05) is 0 Å². The second kappa shape index (κ2) is 9.37. The van der Waals surface area contributed by atoms with E-state index in [9.17, 15) is 0 Å². The molecule has 0 spiro atoms. The van der Waals surface area contributed by atoms with E-state index in [1.54, 1.807) is 5.57 Å². The molecule has 1 unspecified atom stereocenters. The molecule has 26 heavy (non-hydrogen) atoms. The van der Waals surface area contributed by atoms with Crippen molar-refractivity contribution < 1.29 is 20.8 Å². The molecule has 0 aromatic heterocycles. The van der Waals surface area contributed by atoms with Crippen LogP contribution in [0.3, 0.4) is 0 Å². The third kappa shape index (κ3) is 5.02. The third-order valence-corrected chi connectivity index (χ3v) is 6.43. The van der Waals surface area contributed by atoms with Crippen LogP contribution < -0.4 is 0 Å². The predicted octanol–water partition coefficient (Wildman–Crippen LogP) is 6.49. The van der Waals surface area contributed by atoms with Gasteiger partial charge in [0.05, 0.1) is 0 Å². The standard InChI is InChI=1S/C22H28Si.2ClH.Zr/c1-14(2)19-13-20-17(7-6-8-18(20)21(19)23)15-9-11-16(12-10-15)22(3,4)5;;;/h6-14,21H,1-5,23H3;2*1H;/q;;;+2/p-2.